The molecule has 0 aliphatic carbocycles. The molecular weight excluding hydrogens is 350 g/mol. The van der Waals surface area contributed by atoms with Crippen LogP contribution in [0.3, 0.4) is 0 Å². The molecule has 0 fully saturated rings. The van der Waals surface area contributed by atoms with E-state index < -0.39 is 5.92 Å². The van der Waals surface area contributed by atoms with Gasteiger partial charge in [0, 0.05) is 17.5 Å². The van der Waals surface area contributed by atoms with E-state index in [1.165, 1.54) is 5.56 Å². The summed E-state index contributed by atoms with van der Waals surface area (Å²) in [6.07, 6.45) is 1.06. The zero-order valence-corrected chi connectivity index (χ0v) is 16.3. The van der Waals surface area contributed by atoms with Gasteiger partial charge in [-0.2, -0.15) is 5.10 Å². The Bertz CT molecular complexity index is 1050. The second-order valence-electron chi connectivity index (χ2n) is 7.31. The smallest absolute Gasteiger partial charge is 0.226 e. The Hall–Kier alpha value is -3.21. The van der Waals surface area contributed by atoms with Crippen molar-refractivity contribution in [2.45, 2.75) is 39.5 Å². The molecule has 2 heterocycles. The van der Waals surface area contributed by atoms with Gasteiger partial charge in [0.25, 0.3) is 0 Å². The lowest BCUT2D eigenvalue weighted by Crippen LogP contribution is -2.28. The number of aromatic nitrogens is 2. The summed E-state index contributed by atoms with van der Waals surface area (Å²) in [5.74, 6) is -0.119. The molecule has 0 bridgehead atoms. The third-order valence-electron chi connectivity index (χ3n) is 5.34. The van der Waals surface area contributed by atoms with Gasteiger partial charge in [-0.3, -0.25) is 9.59 Å². The van der Waals surface area contributed by atoms with Crippen LogP contribution >= 0.6 is 0 Å². The van der Waals surface area contributed by atoms with Gasteiger partial charge < -0.3 is 5.32 Å². The molecule has 0 unspecified atom stereocenters. The summed E-state index contributed by atoms with van der Waals surface area (Å²) in [5, 5.41) is 7.56. The molecule has 3 aromatic rings. The number of rotatable bonds is 4. The van der Waals surface area contributed by atoms with Crippen LogP contribution in [0.15, 0.2) is 48.5 Å². The molecule has 1 aromatic heterocycles. The fraction of sp³-hybridized carbons (Fsp3) is 0.261. The largest absolute Gasteiger partial charge is 0.310 e. The van der Waals surface area contributed by atoms with Crippen LogP contribution in [-0.4, -0.2) is 21.5 Å². The fourth-order valence-electron chi connectivity index (χ4n) is 3.75. The van der Waals surface area contributed by atoms with Crippen molar-refractivity contribution in [2.75, 3.05) is 5.32 Å². The van der Waals surface area contributed by atoms with Crippen molar-refractivity contribution in [3.05, 3.63) is 76.5 Å². The summed E-state index contributed by atoms with van der Waals surface area (Å²) in [7, 11) is 0. The monoisotopic (exact) mass is 373 g/mol. The summed E-state index contributed by atoms with van der Waals surface area (Å²) < 4.78 is 1.72. The Morgan fingerprint density at radius 2 is 1.79 bits per heavy atom. The summed E-state index contributed by atoms with van der Waals surface area (Å²) in [6.45, 7) is 5.99. The van der Waals surface area contributed by atoms with Crippen molar-refractivity contribution in [2.24, 2.45) is 0 Å². The van der Waals surface area contributed by atoms with Gasteiger partial charge in [0.2, 0.25) is 5.91 Å². The normalized spacial score (nSPS) is 15.8. The van der Waals surface area contributed by atoms with Crippen LogP contribution in [0.4, 0.5) is 5.82 Å². The first kappa shape index (κ1) is 18.2. The van der Waals surface area contributed by atoms with Gasteiger partial charge in [0.05, 0.1) is 17.3 Å². The van der Waals surface area contributed by atoms with Gasteiger partial charge >= 0.3 is 0 Å². The van der Waals surface area contributed by atoms with Crippen LogP contribution in [0.25, 0.3) is 5.69 Å². The van der Waals surface area contributed by atoms with Gasteiger partial charge in [-0.1, -0.05) is 48.9 Å². The lowest BCUT2D eigenvalue weighted by atomic mass is 9.85. The van der Waals surface area contributed by atoms with Gasteiger partial charge in [0.15, 0.2) is 5.78 Å². The maximum atomic E-state index is 13.2. The first-order valence-corrected chi connectivity index (χ1v) is 9.57. The Kier molecular flexibility index (Phi) is 4.59. The molecule has 0 radical (unpaired) electrons. The molecule has 1 N–H and O–H groups in total. The first-order chi connectivity index (χ1) is 13.5. The SMILES string of the molecule is CCc1ccc(C(=O)[C@@H]2CC(=O)Nc3c2c(C)nn3-c2ccc(C)cc2)cc1. The van der Waals surface area contributed by atoms with Crippen molar-refractivity contribution in [3.63, 3.8) is 0 Å². The summed E-state index contributed by atoms with van der Waals surface area (Å²) in [5.41, 5.74) is 5.39. The minimum absolute atomic E-state index is 0.0368. The lowest BCUT2D eigenvalue weighted by molar-refractivity contribution is -0.116. The summed E-state index contributed by atoms with van der Waals surface area (Å²) in [6, 6.07) is 15.6. The number of hydrogen-bond acceptors (Lipinski definition) is 3. The Morgan fingerprint density at radius 3 is 2.43 bits per heavy atom. The number of aryl methyl sites for hydroxylation is 3. The second-order valence-corrected chi connectivity index (χ2v) is 7.31. The molecule has 0 saturated carbocycles. The molecule has 4 rings (SSSR count). The predicted octanol–water partition coefficient (Wildman–Crippen LogP) is 4.36. The highest BCUT2D eigenvalue weighted by Crippen LogP contribution is 2.38. The molecule has 1 atom stereocenters. The number of hydrogen-bond donors (Lipinski definition) is 1. The maximum absolute atomic E-state index is 13.2. The second kappa shape index (κ2) is 7.08. The number of benzene rings is 2. The molecule has 0 spiro atoms. The molecule has 0 saturated heterocycles. The Labute approximate surface area is 164 Å². The number of anilines is 1. The van der Waals surface area contributed by atoms with E-state index in [9.17, 15) is 9.59 Å². The highest BCUT2D eigenvalue weighted by molar-refractivity contribution is 6.08. The Balaban J connectivity index is 1.77. The highest BCUT2D eigenvalue weighted by atomic mass is 16.2. The van der Waals surface area contributed by atoms with Crippen molar-refractivity contribution in [1.29, 1.82) is 0 Å². The molecule has 5 heteroatoms. The number of fused-ring (bicyclic) bond motifs is 1. The molecule has 5 nitrogen and oxygen atoms in total. The van der Waals surface area contributed by atoms with Crippen molar-refractivity contribution >= 4 is 17.5 Å². The lowest BCUT2D eigenvalue weighted by Gasteiger charge is -2.23. The fourth-order valence-corrected chi connectivity index (χ4v) is 3.75. The van der Waals surface area contributed by atoms with Crippen molar-refractivity contribution in [3.8, 4) is 5.69 Å². The van der Waals surface area contributed by atoms with Crippen LogP contribution in [-0.2, 0) is 11.2 Å². The number of amides is 1. The molecule has 1 aliphatic rings. The van der Waals surface area contributed by atoms with E-state index in [0.29, 0.717) is 11.4 Å². The van der Waals surface area contributed by atoms with Gasteiger partial charge in [0.1, 0.15) is 5.82 Å². The van der Waals surface area contributed by atoms with E-state index in [4.69, 9.17) is 0 Å². The van der Waals surface area contributed by atoms with Gasteiger partial charge in [-0.25, -0.2) is 4.68 Å². The van der Waals surface area contributed by atoms with E-state index >= 15 is 0 Å². The number of carbonyl (C=O) groups excluding carboxylic acids is 2. The van der Waals surface area contributed by atoms with Gasteiger partial charge in [-0.05, 0) is 38.0 Å². The third kappa shape index (κ3) is 3.13. The predicted molar refractivity (Wildman–Crippen MR) is 109 cm³/mol. The van der Waals surface area contributed by atoms with Crippen molar-refractivity contribution in [1.82, 2.24) is 9.78 Å². The van der Waals surface area contributed by atoms with Crippen LogP contribution in [0.1, 0.15) is 52.0 Å². The third-order valence-corrected chi connectivity index (χ3v) is 5.34. The van der Waals surface area contributed by atoms with Crippen molar-refractivity contribution < 1.29 is 9.59 Å². The molecule has 2 aromatic carbocycles. The number of carbonyl (C=O) groups is 2. The zero-order chi connectivity index (χ0) is 19.8. The minimum Gasteiger partial charge on any atom is -0.310 e. The van der Waals surface area contributed by atoms with E-state index in [1.54, 1.807) is 4.68 Å². The van der Waals surface area contributed by atoms with Crippen LogP contribution in [0.2, 0.25) is 0 Å². The van der Waals surface area contributed by atoms with Crippen LogP contribution in [0.5, 0.6) is 0 Å². The molecular formula is C23H23N3O2. The molecule has 142 valence electrons. The topological polar surface area (TPSA) is 64.0 Å². The number of nitrogens with one attached hydrogen (secondary N) is 1. The van der Waals surface area contributed by atoms with E-state index in [-0.39, 0.29) is 18.1 Å². The zero-order valence-electron chi connectivity index (χ0n) is 16.3. The molecule has 28 heavy (non-hydrogen) atoms. The molecule has 1 amide bonds. The standard InChI is InChI=1S/C23H23N3O2/c1-4-16-7-9-17(10-8-16)22(28)19-13-20(27)24-23-21(19)15(3)25-26(23)18-11-5-14(2)6-12-18/h5-12,19H,4,13H2,1-3H3,(H,24,27)/t19-/m1/s1. The van der Waals surface area contributed by atoms with Crippen LogP contribution < -0.4 is 5.32 Å². The van der Waals surface area contributed by atoms with E-state index in [2.05, 4.69) is 17.3 Å². The summed E-state index contributed by atoms with van der Waals surface area (Å²) in [4.78, 5) is 25.6. The number of Topliss-reactive ketones (excluding diaryl/α,β-unsaturated/α-hetero) is 1. The van der Waals surface area contributed by atoms with Gasteiger partial charge in [-0.15, -0.1) is 0 Å². The molecule has 1 aliphatic heterocycles. The highest BCUT2D eigenvalue weighted by Gasteiger charge is 2.36. The first-order valence-electron chi connectivity index (χ1n) is 9.57. The summed E-state index contributed by atoms with van der Waals surface area (Å²) >= 11 is 0. The average Bonchev–Trinajstić information content (AvgIpc) is 3.03. The minimum atomic E-state index is -0.518. The van der Waals surface area contributed by atoms with Crippen LogP contribution in [0, 0.1) is 13.8 Å². The average molecular weight is 373 g/mol. The number of nitrogens with zero attached hydrogens (tertiary/aromatic N) is 2. The van der Waals surface area contributed by atoms with E-state index in [1.807, 2.05) is 62.4 Å². The number of ketones is 1. The quantitative estimate of drug-likeness (QED) is 0.691. The van der Waals surface area contributed by atoms with E-state index in [0.717, 1.165) is 28.9 Å². The Morgan fingerprint density at radius 1 is 1.11 bits per heavy atom. The maximum Gasteiger partial charge on any atom is 0.226 e.